The van der Waals surface area contributed by atoms with Gasteiger partial charge in [-0.2, -0.15) is 0 Å². The number of methoxy groups -OCH3 is 2. The zero-order chi connectivity index (χ0) is 17.4. The van der Waals surface area contributed by atoms with Crippen molar-refractivity contribution in [2.45, 2.75) is 0 Å². The number of hydrogen-bond acceptors (Lipinski definition) is 3. The molecule has 0 saturated heterocycles. The van der Waals surface area contributed by atoms with Crippen LogP contribution in [0.5, 0.6) is 17.2 Å². The third kappa shape index (κ3) is 2.54. The SMILES string of the molecule is COc1cccc2[c]c(-c3ccc4cccc(O)c4c3)cc(OC)c12. The summed E-state index contributed by atoms with van der Waals surface area (Å²) in [6.45, 7) is 0. The zero-order valence-corrected chi connectivity index (χ0v) is 14.0. The van der Waals surface area contributed by atoms with E-state index in [-0.39, 0.29) is 5.75 Å². The lowest BCUT2D eigenvalue weighted by Crippen LogP contribution is -1.91. The molecule has 3 nitrogen and oxygen atoms in total. The second kappa shape index (κ2) is 6.02. The van der Waals surface area contributed by atoms with Gasteiger partial charge in [-0.1, -0.05) is 36.4 Å². The average Bonchev–Trinajstić information content (AvgIpc) is 2.66. The van der Waals surface area contributed by atoms with Gasteiger partial charge in [0.2, 0.25) is 0 Å². The average molecular weight is 329 g/mol. The molecule has 4 aromatic carbocycles. The molecule has 1 N–H and O–H groups in total. The highest BCUT2D eigenvalue weighted by atomic mass is 16.5. The molecule has 3 heteroatoms. The predicted octanol–water partition coefficient (Wildman–Crippen LogP) is 5.18. The Labute approximate surface area is 146 Å². The van der Waals surface area contributed by atoms with Crippen molar-refractivity contribution in [1.82, 2.24) is 0 Å². The number of fused-ring (bicyclic) bond motifs is 2. The second-order valence-corrected chi connectivity index (χ2v) is 5.85. The van der Waals surface area contributed by atoms with Gasteiger partial charge in [-0.15, -0.1) is 0 Å². The smallest absolute Gasteiger partial charge is 0.131 e. The van der Waals surface area contributed by atoms with Crippen molar-refractivity contribution in [3.8, 4) is 28.4 Å². The van der Waals surface area contributed by atoms with E-state index in [1.165, 1.54) is 0 Å². The van der Waals surface area contributed by atoms with E-state index in [4.69, 9.17) is 9.47 Å². The van der Waals surface area contributed by atoms with Crippen molar-refractivity contribution < 1.29 is 14.6 Å². The summed E-state index contributed by atoms with van der Waals surface area (Å²) in [5.74, 6) is 1.76. The van der Waals surface area contributed by atoms with Crippen LogP contribution in [-0.4, -0.2) is 19.3 Å². The van der Waals surface area contributed by atoms with Crippen LogP contribution in [0.1, 0.15) is 0 Å². The molecule has 0 heterocycles. The molecule has 25 heavy (non-hydrogen) atoms. The normalized spacial score (nSPS) is 11.0. The molecule has 4 aromatic rings. The molecule has 0 bridgehead atoms. The molecule has 0 aliphatic rings. The molecule has 1 radical (unpaired) electrons. The molecule has 0 aromatic heterocycles. The first-order valence-corrected chi connectivity index (χ1v) is 8.00. The lowest BCUT2D eigenvalue weighted by atomic mass is 9.97. The molecule has 123 valence electrons. The molecular formula is C22H17O3. The van der Waals surface area contributed by atoms with Gasteiger partial charge >= 0.3 is 0 Å². The Morgan fingerprint density at radius 2 is 1.64 bits per heavy atom. The largest absolute Gasteiger partial charge is 0.507 e. The molecule has 0 saturated carbocycles. The Morgan fingerprint density at radius 1 is 0.840 bits per heavy atom. The van der Waals surface area contributed by atoms with Crippen molar-refractivity contribution in [3.05, 3.63) is 66.7 Å². The van der Waals surface area contributed by atoms with Crippen LogP contribution in [0.25, 0.3) is 32.7 Å². The Bertz CT molecular complexity index is 1080. The van der Waals surface area contributed by atoms with Crippen LogP contribution in [-0.2, 0) is 0 Å². The Morgan fingerprint density at radius 3 is 2.44 bits per heavy atom. The zero-order valence-electron chi connectivity index (χ0n) is 14.0. The molecule has 0 atom stereocenters. The van der Waals surface area contributed by atoms with E-state index in [2.05, 4.69) is 6.07 Å². The number of phenolic OH excluding ortho intramolecular Hbond substituents is 1. The van der Waals surface area contributed by atoms with E-state index in [1.54, 1.807) is 20.3 Å². The maximum atomic E-state index is 10.1. The fourth-order valence-corrected chi connectivity index (χ4v) is 3.18. The number of ether oxygens (including phenoxy) is 2. The fourth-order valence-electron chi connectivity index (χ4n) is 3.18. The van der Waals surface area contributed by atoms with Crippen LogP contribution in [0.3, 0.4) is 0 Å². The monoisotopic (exact) mass is 329 g/mol. The highest BCUT2D eigenvalue weighted by Gasteiger charge is 2.12. The van der Waals surface area contributed by atoms with Crippen LogP contribution in [0.15, 0.2) is 60.7 Å². The van der Waals surface area contributed by atoms with Crippen LogP contribution >= 0.6 is 0 Å². The van der Waals surface area contributed by atoms with Gasteiger partial charge in [0.05, 0.1) is 19.6 Å². The standard InChI is InChI=1S/C22H17O3/c1-24-20-8-4-6-16-11-17(13-21(25-2)22(16)20)15-10-9-14-5-3-7-19(23)18(14)12-15/h3-10,12-13,23H,1-2H3. The highest BCUT2D eigenvalue weighted by Crippen LogP contribution is 2.38. The van der Waals surface area contributed by atoms with E-state index in [1.807, 2.05) is 54.6 Å². The van der Waals surface area contributed by atoms with Crippen molar-refractivity contribution in [2.24, 2.45) is 0 Å². The molecule has 0 amide bonds. The van der Waals surface area contributed by atoms with Gasteiger partial charge in [-0.25, -0.2) is 0 Å². The number of rotatable bonds is 3. The van der Waals surface area contributed by atoms with Gasteiger partial charge in [-0.05, 0) is 52.2 Å². The summed E-state index contributed by atoms with van der Waals surface area (Å²) in [7, 11) is 3.30. The molecule has 0 spiro atoms. The van der Waals surface area contributed by atoms with E-state index in [0.29, 0.717) is 0 Å². The first-order chi connectivity index (χ1) is 12.2. The van der Waals surface area contributed by atoms with Gasteiger partial charge in [0, 0.05) is 5.39 Å². The van der Waals surface area contributed by atoms with Gasteiger partial charge in [0.15, 0.2) is 0 Å². The van der Waals surface area contributed by atoms with Gasteiger partial charge in [0.25, 0.3) is 0 Å². The maximum Gasteiger partial charge on any atom is 0.131 e. The lowest BCUT2D eigenvalue weighted by molar-refractivity contribution is 0.405. The summed E-state index contributed by atoms with van der Waals surface area (Å²) in [5, 5.41) is 13.8. The number of benzene rings is 4. The number of phenols is 1. The third-order valence-corrected chi connectivity index (χ3v) is 4.43. The van der Waals surface area contributed by atoms with E-state index in [0.717, 1.165) is 44.2 Å². The Hall–Kier alpha value is -3.20. The van der Waals surface area contributed by atoms with Gasteiger partial charge < -0.3 is 14.6 Å². The summed E-state index contributed by atoms with van der Waals surface area (Å²) >= 11 is 0. The molecule has 0 fully saturated rings. The first kappa shape index (κ1) is 15.3. The maximum absolute atomic E-state index is 10.1. The number of hydrogen-bond donors (Lipinski definition) is 1. The van der Waals surface area contributed by atoms with Crippen molar-refractivity contribution in [3.63, 3.8) is 0 Å². The van der Waals surface area contributed by atoms with E-state index >= 15 is 0 Å². The first-order valence-electron chi connectivity index (χ1n) is 8.00. The third-order valence-electron chi connectivity index (χ3n) is 4.43. The van der Waals surface area contributed by atoms with Gasteiger partial charge in [0.1, 0.15) is 17.2 Å². The van der Waals surface area contributed by atoms with Crippen LogP contribution < -0.4 is 9.47 Å². The quantitative estimate of drug-likeness (QED) is 0.562. The minimum atomic E-state index is 0.272. The molecular weight excluding hydrogens is 312 g/mol. The van der Waals surface area contributed by atoms with Crippen molar-refractivity contribution in [1.29, 1.82) is 0 Å². The molecule has 0 aliphatic heterocycles. The summed E-state index contributed by atoms with van der Waals surface area (Å²) in [5.41, 5.74) is 1.87. The molecule has 0 aliphatic carbocycles. The van der Waals surface area contributed by atoms with E-state index < -0.39 is 0 Å². The molecule has 0 unspecified atom stereocenters. The van der Waals surface area contributed by atoms with Crippen molar-refractivity contribution in [2.75, 3.05) is 14.2 Å². The topological polar surface area (TPSA) is 38.7 Å². The minimum absolute atomic E-state index is 0.272. The lowest BCUT2D eigenvalue weighted by Gasteiger charge is -2.13. The van der Waals surface area contributed by atoms with Crippen LogP contribution in [0.4, 0.5) is 0 Å². The summed E-state index contributed by atoms with van der Waals surface area (Å²) < 4.78 is 11.0. The Balaban J connectivity index is 1.97. The summed E-state index contributed by atoms with van der Waals surface area (Å²) in [4.78, 5) is 0. The van der Waals surface area contributed by atoms with Crippen molar-refractivity contribution >= 4 is 21.5 Å². The summed E-state index contributed by atoms with van der Waals surface area (Å²) in [6.07, 6.45) is 0. The second-order valence-electron chi connectivity index (χ2n) is 5.85. The number of aromatic hydroxyl groups is 1. The van der Waals surface area contributed by atoms with E-state index in [9.17, 15) is 5.11 Å². The highest BCUT2D eigenvalue weighted by molar-refractivity contribution is 5.98. The minimum Gasteiger partial charge on any atom is -0.507 e. The van der Waals surface area contributed by atoms with Crippen LogP contribution in [0.2, 0.25) is 0 Å². The predicted molar refractivity (Wildman–Crippen MR) is 100 cm³/mol. The van der Waals surface area contributed by atoms with Crippen LogP contribution in [0, 0.1) is 6.07 Å². The Kier molecular flexibility index (Phi) is 3.69. The summed E-state index contributed by atoms with van der Waals surface area (Å²) in [6, 6.07) is 22.7. The van der Waals surface area contributed by atoms with Gasteiger partial charge in [-0.3, -0.25) is 0 Å². The molecule has 4 rings (SSSR count). The fraction of sp³-hybridized carbons (Fsp3) is 0.0909.